The van der Waals surface area contributed by atoms with E-state index in [1.807, 2.05) is 31.2 Å². The van der Waals surface area contributed by atoms with Gasteiger partial charge in [0, 0.05) is 23.2 Å². The van der Waals surface area contributed by atoms with Crippen molar-refractivity contribution in [1.29, 1.82) is 0 Å². The quantitative estimate of drug-likeness (QED) is 0.611. The van der Waals surface area contributed by atoms with Crippen molar-refractivity contribution in [2.75, 3.05) is 13.6 Å². The van der Waals surface area contributed by atoms with Gasteiger partial charge in [-0.2, -0.15) is 8.78 Å². The van der Waals surface area contributed by atoms with Crippen LogP contribution >= 0.6 is 0 Å². The molecule has 1 aliphatic heterocycles. The highest BCUT2D eigenvalue weighted by Gasteiger charge is 2.51. The van der Waals surface area contributed by atoms with E-state index in [1.54, 1.807) is 18.3 Å². The van der Waals surface area contributed by atoms with Gasteiger partial charge in [-0.15, -0.1) is 0 Å². The fourth-order valence-corrected chi connectivity index (χ4v) is 5.27. The molecule has 2 heterocycles. The Labute approximate surface area is 168 Å². The molecule has 0 bridgehead atoms. The van der Waals surface area contributed by atoms with Gasteiger partial charge in [-0.25, -0.2) is 4.98 Å². The van der Waals surface area contributed by atoms with Crippen LogP contribution in [-0.2, 0) is 5.92 Å². The molecule has 1 N–H and O–H groups in total. The minimum absolute atomic E-state index is 0.0849. The lowest BCUT2D eigenvalue weighted by molar-refractivity contribution is 0.0480. The Bertz CT molecular complexity index is 1140. The second-order valence-corrected chi connectivity index (χ2v) is 9.20. The number of alkyl halides is 2. The van der Waals surface area contributed by atoms with Gasteiger partial charge >= 0.3 is 0 Å². The van der Waals surface area contributed by atoms with Gasteiger partial charge in [0.25, 0.3) is 5.92 Å². The molecular formula is C24H23F2N3. The van der Waals surface area contributed by atoms with E-state index in [4.69, 9.17) is 0 Å². The molecule has 6 rings (SSSR count). The summed E-state index contributed by atoms with van der Waals surface area (Å²) in [6.45, 7) is 2.97. The molecule has 0 amide bonds. The van der Waals surface area contributed by atoms with Gasteiger partial charge in [0.2, 0.25) is 0 Å². The van der Waals surface area contributed by atoms with Gasteiger partial charge in [-0.1, -0.05) is 29.8 Å². The Hall–Kier alpha value is -2.53. The van der Waals surface area contributed by atoms with Crippen molar-refractivity contribution in [3.63, 3.8) is 0 Å². The van der Waals surface area contributed by atoms with Crippen molar-refractivity contribution in [3.8, 4) is 22.4 Å². The largest absolute Gasteiger partial charge is 0.341 e. The maximum Gasteiger partial charge on any atom is 0.299 e. The molecular weight excluding hydrogens is 368 g/mol. The molecule has 2 aliphatic carbocycles. The minimum Gasteiger partial charge on any atom is -0.341 e. The Balaban J connectivity index is 1.37. The highest BCUT2D eigenvalue weighted by Crippen LogP contribution is 2.58. The van der Waals surface area contributed by atoms with E-state index in [9.17, 15) is 0 Å². The number of aromatic nitrogens is 2. The number of aromatic amines is 1. The van der Waals surface area contributed by atoms with Crippen LogP contribution in [0.4, 0.5) is 8.78 Å². The van der Waals surface area contributed by atoms with Gasteiger partial charge < -0.3 is 4.98 Å². The van der Waals surface area contributed by atoms with Crippen LogP contribution in [0.2, 0.25) is 0 Å². The average Bonchev–Trinajstić information content (AvgIpc) is 3.05. The molecule has 2 aromatic carbocycles. The van der Waals surface area contributed by atoms with Crippen LogP contribution in [0.25, 0.3) is 22.4 Å². The number of benzene rings is 2. The van der Waals surface area contributed by atoms with Crippen LogP contribution in [-0.4, -0.2) is 28.5 Å². The Morgan fingerprint density at radius 2 is 1.79 bits per heavy atom. The lowest BCUT2D eigenvalue weighted by Gasteiger charge is -2.16. The number of nitrogens with one attached hydrogen (secondary N) is 1. The molecule has 3 nitrogen and oxygen atoms in total. The number of likely N-dealkylation sites (tertiary alicyclic amines) is 1. The van der Waals surface area contributed by atoms with E-state index in [0.29, 0.717) is 16.5 Å². The van der Waals surface area contributed by atoms with E-state index < -0.39 is 5.92 Å². The van der Waals surface area contributed by atoms with Crippen LogP contribution in [0, 0.1) is 12.3 Å². The molecule has 0 radical (unpaired) electrons. The maximum atomic E-state index is 15.2. The first kappa shape index (κ1) is 17.3. The van der Waals surface area contributed by atoms with E-state index in [2.05, 4.69) is 21.9 Å². The zero-order chi connectivity index (χ0) is 20.0. The molecule has 148 valence electrons. The molecule has 3 aliphatic rings. The number of rotatable bonds is 2. The van der Waals surface area contributed by atoms with Crippen LogP contribution < -0.4 is 0 Å². The van der Waals surface area contributed by atoms with Crippen molar-refractivity contribution in [3.05, 3.63) is 65.1 Å². The fraction of sp³-hybridized carbons (Fsp3) is 0.375. The molecule has 29 heavy (non-hydrogen) atoms. The summed E-state index contributed by atoms with van der Waals surface area (Å²) in [4.78, 5) is 10.4. The SMILES string of the molecule is Cc1ccc2c(c1)C(F)(F)c1cc(-c3cnc([C@@H]4CC5(CC5)CN4C)[nH]3)ccc1-2. The third kappa shape index (κ3) is 2.46. The van der Waals surface area contributed by atoms with Crippen LogP contribution in [0.15, 0.2) is 42.6 Å². The van der Waals surface area contributed by atoms with Gasteiger partial charge in [0.15, 0.2) is 0 Å². The maximum absolute atomic E-state index is 15.2. The molecule has 5 heteroatoms. The summed E-state index contributed by atoms with van der Waals surface area (Å²) in [6.07, 6.45) is 5.53. The van der Waals surface area contributed by atoms with Crippen molar-refractivity contribution in [2.45, 2.75) is 38.2 Å². The van der Waals surface area contributed by atoms with E-state index in [-0.39, 0.29) is 17.2 Å². The van der Waals surface area contributed by atoms with Crippen LogP contribution in [0.1, 0.15) is 47.8 Å². The third-order valence-electron chi connectivity index (χ3n) is 7.08. The predicted octanol–water partition coefficient (Wildman–Crippen LogP) is 5.66. The van der Waals surface area contributed by atoms with Gasteiger partial charge in [-0.05, 0) is 61.9 Å². The number of hydrogen-bond donors (Lipinski definition) is 1. The van der Waals surface area contributed by atoms with Crippen molar-refractivity contribution in [1.82, 2.24) is 14.9 Å². The first-order chi connectivity index (χ1) is 13.9. The minimum atomic E-state index is -2.97. The zero-order valence-corrected chi connectivity index (χ0v) is 16.6. The van der Waals surface area contributed by atoms with E-state index in [1.165, 1.54) is 12.8 Å². The lowest BCUT2D eigenvalue weighted by Crippen LogP contribution is -2.19. The average molecular weight is 391 g/mol. The number of H-pyrrole nitrogens is 1. The highest BCUT2D eigenvalue weighted by atomic mass is 19.3. The van der Waals surface area contributed by atoms with Gasteiger partial charge in [0.05, 0.1) is 17.9 Å². The van der Waals surface area contributed by atoms with Gasteiger partial charge in [-0.3, -0.25) is 4.90 Å². The molecule has 1 aromatic heterocycles. The summed E-state index contributed by atoms with van der Waals surface area (Å²) in [5, 5.41) is 0. The summed E-state index contributed by atoms with van der Waals surface area (Å²) in [5.74, 6) is -2.03. The second-order valence-electron chi connectivity index (χ2n) is 9.20. The van der Waals surface area contributed by atoms with Crippen molar-refractivity contribution < 1.29 is 8.78 Å². The van der Waals surface area contributed by atoms with Crippen LogP contribution in [0.5, 0.6) is 0 Å². The predicted molar refractivity (Wildman–Crippen MR) is 109 cm³/mol. The van der Waals surface area contributed by atoms with E-state index in [0.717, 1.165) is 35.6 Å². The zero-order valence-electron chi connectivity index (χ0n) is 16.6. The summed E-state index contributed by atoms with van der Waals surface area (Å²) < 4.78 is 30.3. The fourth-order valence-electron chi connectivity index (χ4n) is 5.27. The van der Waals surface area contributed by atoms with Crippen LogP contribution in [0.3, 0.4) is 0 Å². The highest BCUT2D eigenvalue weighted by molar-refractivity contribution is 5.82. The molecule has 1 saturated heterocycles. The first-order valence-electron chi connectivity index (χ1n) is 10.3. The Morgan fingerprint density at radius 3 is 2.52 bits per heavy atom. The number of imidazole rings is 1. The second kappa shape index (κ2) is 5.54. The summed E-state index contributed by atoms with van der Waals surface area (Å²) >= 11 is 0. The molecule has 1 atom stereocenters. The molecule has 3 aromatic rings. The number of nitrogens with zero attached hydrogens (tertiary/aromatic N) is 2. The number of aryl methyl sites for hydroxylation is 1. The molecule has 2 fully saturated rings. The number of fused-ring (bicyclic) bond motifs is 3. The summed E-state index contributed by atoms with van der Waals surface area (Å²) in [7, 11) is 2.15. The topological polar surface area (TPSA) is 31.9 Å². The van der Waals surface area contributed by atoms with Crippen molar-refractivity contribution in [2.24, 2.45) is 5.41 Å². The van der Waals surface area contributed by atoms with Gasteiger partial charge in [0.1, 0.15) is 5.82 Å². The smallest absolute Gasteiger partial charge is 0.299 e. The Kier molecular flexibility index (Phi) is 3.31. The molecule has 1 spiro atoms. The standard InChI is InChI=1S/C24H23F2N3/c1-14-3-5-16-17-6-4-15(10-19(17)24(25,26)18(16)9-14)20-12-27-22(28-20)21-11-23(7-8-23)13-29(21)2/h3-6,9-10,12,21H,7-8,11,13H2,1-2H3,(H,27,28)/t21-/m0/s1. The Morgan fingerprint density at radius 1 is 1.07 bits per heavy atom. The molecule has 1 saturated carbocycles. The number of halogens is 2. The summed E-state index contributed by atoms with van der Waals surface area (Å²) in [6, 6.07) is 11.0. The monoisotopic (exact) mass is 391 g/mol. The van der Waals surface area contributed by atoms with Crippen molar-refractivity contribution >= 4 is 0 Å². The summed E-state index contributed by atoms with van der Waals surface area (Å²) in [5.41, 5.74) is 4.35. The lowest BCUT2D eigenvalue weighted by atomic mass is 10.0. The first-order valence-corrected chi connectivity index (χ1v) is 10.3. The van der Waals surface area contributed by atoms with E-state index >= 15 is 8.78 Å². The normalized spacial score (nSPS) is 23.4. The molecule has 0 unspecified atom stereocenters. The third-order valence-corrected chi connectivity index (χ3v) is 7.08. The number of hydrogen-bond acceptors (Lipinski definition) is 2.